The van der Waals surface area contributed by atoms with Crippen LogP contribution in [0.3, 0.4) is 0 Å². The van der Waals surface area contributed by atoms with E-state index < -0.39 is 0 Å². The van der Waals surface area contributed by atoms with Crippen molar-refractivity contribution in [2.45, 2.75) is 166 Å². The molecule has 5 N–H and O–H groups in total. The number of hydrogen-bond donors (Lipinski definition) is 3. The van der Waals surface area contributed by atoms with Gasteiger partial charge in [-0.15, -0.1) is 49.6 Å². The third-order valence-electron chi connectivity index (χ3n) is 23.4. The Kier molecular flexibility index (Phi) is 39.0. The third kappa shape index (κ3) is 24.8. The van der Waals surface area contributed by atoms with Gasteiger partial charge in [0.05, 0.1) is 97.7 Å². The number of nitrogens with one attached hydrogen (secondary N) is 1. The molecule has 2 saturated carbocycles. The van der Waals surface area contributed by atoms with Gasteiger partial charge >= 0.3 is 22.8 Å². The van der Waals surface area contributed by atoms with Gasteiger partial charge in [-0.25, -0.2) is 64.0 Å². The SMILES string of the molecule is C.C.C.C#CC1CC1.CC(C)c1ncccc1-c1ncc2c(n1)n(Cc1ccc(-c3nc(C4CC4)cn3C)cc1)c(=O)n2C.CC(C)c1ncccc1-c1ncc2c(n1)n(Cc1ccc(C#N)cc1)c(=O)n2C.CCOC(=N)c1ccc(Cn2c(=O)n(C)c3cnc(-c4cccnc4C(C)C)nc32)cc1.CN.CN=C(N)c1ccc(Cn2c(=O)n(C)c3cnc(-c4cccnc4C(C)C)nc32)cc1.Cl.Cl.Cl. The van der Waals surface area contributed by atoms with Gasteiger partial charge in [-0.2, -0.15) is 5.26 Å². The number of ether oxygens (including phenoxy) is 1. The number of terminal acetylenes is 1. The smallest absolute Gasteiger partial charge is 0.330 e. The van der Waals surface area contributed by atoms with Gasteiger partial charge in [0, 0.05) is 124 Å². The first-order valence-electron chi connectivity index (χ1n) is 44.9. The van der Waals surface area contributed by atoms with Crippen LogP contribution in [0.1, 0.15) is 207 Å². The maximum Gasteiger partial charge on any atom is 0.330 e. The molecule has 0 radical (unpaired) electrons. The summed E-state index contributed by atoms with van der Waals surface area (Å²) in [6, 6.07) is 48.1. The molecule has 0 aliphatic heterocycles. The Labute approximate surface area is 840 Å². The molecule has 13 heterocycles. The maximum atomic E-state index is 13.2. The minimum absolute atomic E-state index is 0. The van der Waals surface area contributed by atoms with Gasteiger partial charge in [0.1, 0.15) is 33.7 Å². The average Bonchev–Trinajstić information content (AvgIpc) is 1.63. The predicted molar refractivity (Wildman–Crippen MR) is 570 cm³/mol. The van der Waals surface area contributed by atoms with Gasteiger partial charge in [-0.3, -0.25) is 66.9 Å². The topological polar surface area (TPSA) is 401 Å². The van der Waals surface area contributed by atoms with Gasteiger partial charge in [-0.1, -0.05) is 150 Å². The second-order valence-electron chi connectivity index (χ2n) is 34.3. The summed E-state index contributed by atoms with van der Waals surface area (Å²) in [5.41, 5.74) is 30.3. The van der Waals surface area contributed by atoms with Crippen molar-refractivity contribution in [1.29, 1.82) is 10.7 Å². The van der Waals surface area contributed by atoms with Crippen LogP contribution in [0.25, 0.3) is 102 Å². The lowest BCUT2D eigenvalue weighted by Gasteiger charge is -2.10. The molecule has 35 heteroatoms. The molecule has 4 aromatic carbocycles. The van der Waals surface area contributed by atoms with Crippen LogP contribution in [-0.4, -0.2) is 138 Å². The highest BCUT2D eigenvalue weighted by Gasteiger charge is 2.29. The number of aliphatic imine (C=N–C) groups is 1. The highest BCUT2D eigenvalue weighted by molar-refractivity contribution is 5.97. The molecular formula is C106H126Cl3N27O5. The molecule has 0 bridgehead atoms. The monoisotopic (exact) mass is 1960 g/mol. The van der Waals surface area contributed by atoms with Crippen LogP contribution in [-0.2, 0) is 66.2 Å². The number of nitrogens with two attached hydrogens (primary N) is 2. The Balaban J connectivity index is 0.000000222. The van der Waals surface area contributed by atoms with E-state index in [0.717, 1.165) is 84.2 Å². The summed E-state index contributed by atoms with van der Waals surface area (Å²) in [4.78, 5) is 116. The van der Waals surface area contributed by atoms with E-state index in [-0.39, 0.29) is 112 Å². The van der Waals surface area contributed by atoms with Crippen LogP contribution >= 0.6 is 37.2 Å². The second-order valence-corrected chi connectivity index (χ2v) is 34.3. The number of aryl methyl sites for hydroxylation is 5. The first-order valence-corrected chi connectivity index (χ1v) is 44.9. The summed E-state index contributed by atoms with van der Waals surface area (Å²) in [6.45, 7) is 20.5. The van der Waals surface area contributed by atoms with Crippen molar-refractivity contribution < 1.29 is 4.74 Å². The quantitative estimate of drug-likeness (QED) is 0.0342. The fourth-order valence-corrected chi connectivity index (χ4v) is 15.7. The van der Waals surface area contributed by atoms with Crippen molar-refractivity contribution in [3.63, 3.8) is 0 Å². The zero-order valence-corrected chi connectivity index (χ0v) is 82.6. The molecule has 0 atom stereocenters. The molecule has 141 heavy (non-hydrogen) atoms. The zero-order chi connectivity index (χ0) is 96.2. The minimum Gasteiger partial charge on any atom is -0.478 e. The number of amidine groups is 1. The second kappa shape index (κ2) is 49.5. The number of benzene rings is 4. The minimum atomic E-state index is -0.161. The number of halogens is 3. The van der Waals surface area contributed by atoms with E-state index in [0.29, 0.717) is 130 Å². The molecule has 32 nitrogen and oxygen atoms in total. The van der Waals surface area contributed by atoms with E-state index in [1.54, 1.807) is 133 Å². The van der Waals surface area contributed by atoms with E-state index in [9.17, 15) is 19.2 Å². The van der Waals surface area contributed by atoms with Gasteiger partial charge in [0.25, 0.3) is 0 Å². The molecule has 2 fully saturated rings. The van der Waals surface area contributed by atoms with Crippen LogP contribution in [0, 0.1) is 35.0 Å². The van der Waals surface area contributed by atoms with E-state index >= 15 is 0 Å². The highest BCUT2D eigenvalue weighted by atomic mass is 35.5. The van der Waals surface area contributed by atoms with E-state index in [1.807, 2.05) is 123 Å². The highest BCUT2D eigenvalue weighted by Crippen LogP contribution is 2.41. The van der Waals surface area contributed by atoms with Gasteiger partial charge < -0.3 is 20.8 Å². The lowest BCUT2D eigenvalue weighted by Crippen LogP contribution is -2.23. The Hall–Kier alpha value is -15.1. The Morgan fingerprint density at radius 3 is 1.01 bits per heavy atom. The van der Waals surface area contributed by atoms with Crippen molar-refractivity contribution in [2.75, 3.05) is 20.7 Å². The standard InChI is InChI=1S/C28H29N7O.C24H26N6O2.C23H25N7O.C22H20N6O.C5H6.CH5N.3CH4.3ClH/c1-17(2)24-21(6-5-13-29-24)25-30-14-23-27(32-25)35(28(36)34(23)4)15-18-7-9-20(10-8-18)26-31-22(16-33(26)3)19-11-12-19;1-5-32-21(25)17-10-8-16(9-11-17)14-30-23-19(29(4)24(30)31)13-27-22(28-23)18-7-6-12-26-20(18)15(2)3;1-14(2)19-17(6-5-11-26-19)21-27-12-18-22(28-21)30(23(31)29(18)4)13-15-7-9-16(10-8-15)20(24)25-3;1-14(2)19-17(5-4-10-24-19)20-25-12-18-21(26-20)28(22(29)27(18)3)13-16-8-6-15(11-23)7-9-16;1-2-5-3-4-5;1-2;;;;;;/h5-10,13-14,16-17,19H,11-12,15H2,1-4H3;6-13,15,25H,5,14H2,1-4H3;5-12,14H,13H2,1-4H3,(H2,24,25);4-10,12,14H,13H2,1-3H3;1,5H,3-4H2;2H2,1H3;3*1H4;3*1H. The lowest BCUT2D eigenvalue weighted by atomic mass is 10.0. The van der Waals surface area contributed by atoms with E-state index in [4.69, 9.17) is 52.5 Å². The van der Waals surface area contributed by atoms with Crippen LogP contribution in [0.2, 0.25) is 0 Å². The molecule has 0 amide bonds. The Morgan fingerprint density at radius 2 is 0.752 bits per heavy atom. The number of pyridine rings is 4. The van der Waals surface area contributed by atoms with Gasteiger partial charge in [0.2, 0.25) is 5.90 Å². The van der Waals surface area contributed by atoms with Crippen LogP contribution in [0.15, 0.2) is 226 Å². The zero-order valence-electron chi connectivity index (χ0n) is 80.1. The molecule has 736 valence electrons. The number of fused-ring (bicyclic) bond motifs is 4. The summed E-state index contributed by atoms with van der Waals surface area (Å²) in [7, 11) is 12.1. The molecule has 17 aromatic rings. The first kappa shape index (κ1) is 111. The van der Waals surface area contributed by atoms with Crippen molar-refractivity contribution in [2.24, 2.45) is 57.6 Å². The third-order valence-corrected chi connectivity index (χ3v) is 23.4. The largest absolute Gasteiger partial charge is 0.478 e. The molecule has 19 rings (SSSR count). The number of rotatable bonds is 21. The molecule has 2 aliphatic carbocycles. The van der Waals surface area contributed by atoms with Crippen molar-refractivity contribution in [3.8, 4) is 75.4 Å². The lowest BCUT2D eigenvalue weighted by molar-refractivity contribution is 0.325. The van der Waals surface area contributed by atoms with E-state index in [1.165, 1.54) is 38.4 Å². The fraction of sp³-hybridized carbons (Fsp3) is 0.321. The number of aromatic nitrogens is 22. The van der Waals surface area contributed by atoms with Crippen molar-refractivity contribution >= 4 is 93.6 Å². The maximum absolute atomic E-state index is 13.2. The summed E-state index contributed by atoms with van der Waals surface area (Å²) < 4.78 is 20.3. The van der Waals surface area contributed by atoms with Crippen molar-refractivity contribution in [1.82, 2.24) is 106 Å². The molecule has 13 aromatic heterocycles. The van der Waals surface area contributed by atoms with Crippen LogP contribution in [0.5, 0.6) is 0 Å². The normalized spacial score (nSPS) is 11.8. The summed E-state index contributed by atoms with van der Waals surface area (Å²) in [5.74, 6) is 8.65. The van der Waals surface area contributed by atoms with Gasteiger partial charge in [0.15, 0.2) is 45.9 Å². The Morgan fingerprint density at radius 1 is 0.454 bits per heavy atom. The molecule has 2 aliphatic rings. The van der Waals surface area contributed by atoms with Crippen LogP contribution < -0.4 is 34.2 Å². The molecule has 0 saturated heterocycles. The number of nitrogens with zero attached hydrogens (tertiary/aromatic N) is 24. The number of hydrogen-bond acceptors (Lipinski definition) is 22. The first-order chi connectivity index (χ1) is 65.1. The summed E-state index contributed by atoms with van der Waals surface area (Å²) in [6.07, 6.45) is 26.1. The van der Waals surface area contributed by atoms with Gasteiger partial charge in [-0.05, 0) is 158 Å². The van der Waals surface area contributed by atoms with E-state index in [2.05, 4.69) is 153 Å². The number of nitriles is 1. The van der Waals surface area contributed by atoms with Crippen LogP contribution in [0.4, 0.5) is 0 Å². The molecular weight excluding hydrogens is 1840 g/mol. The fourth-order valence-electron chi connectivity index (χ4n) is 15.7. The molecule has 0 spiro atoms. The predicted octanol–water partition coefficient (Wildman–Crippen LogP) is 18.1. The Bertz CT molecular complexity index is 7570. The average molecular weight is 1960 g/mol. The summed E-state index contributed by atoms with van der Waals surface area (Å²) >= 11 is 0. The van der Waals surface area contributed by atoms with Crippen molar-refractivity contribution in [3.05, 3.63) is 311 Å². The number of imidazole rings is 5. The molecule has 0 unspecified atom stereocenters. The summed E-state index contributed by atoms with van der Waals surface area (Å²) in [5, 5.41) is 16.9.